The first-order chi connectivity index (χ1) is 15.8. The molecule has 0 aliphatic heterocycles. The molecule has 0 aliphatic rings. The second-order valence-corrected chi connectivity index (χ2v) is 7.96. The fraction of sp³-hybridized carbons (Fsp3) is 0. The Labute approximate surface area is 185 Å². The molecule has 0 fully saturated rings. The molecule has 2 nitrogen and oxygen atoms in total. The Kier molecular flexibility index (Phi) is 3.94. The number of nitrogens with zero attached hydrogens (tertiary/aromatic N) is 2. The summed E-state index contributed by atoms with van der Waals surface area (Å²) >= 11 is 0. The van der Waals surface area contributed by atoms with Crippen LogP contribution in [0.25, 0.3) is 54.6 Å². The van der Waals surface area contributed by atoms with Crippen LogP contribution >= 0.6 is 0 Å². The van der Waals surface area contributed by atoms with Crippen LogP contribution < -0.4 is 0 Å². The summed E-state index contributed by atoms with van der Waals surface area (Å²) in [5.74, 6) is 0. The van der Waals surface area contributed by atoms with Gasteiger partial charge in [-0.25, -0.2) is 0 Å². The van der Waals surface area contributed by atoms with Gasteiger partial charge in [-0.05, 0) is 55.6 Å². The Morgan fingerprint density at radius 1 is 0.406 bits per heavy atom. The van der Waals surface area contributed by atoms with E-state index in [-0.39, 0.29) is 0 Å². The summed E-state index contributed by atoms with van der Waals surface area (Å²) in [5.41, 5.74) is 5.36. The minimum absolute atomic E-state index is 0.672. The van der Waals surface area contributed by atoms with E-state index in [0.717, 1.165) is 33.0 Å². The lowest BCUT2D eigenvalue weighted by molar-refractivity contribution is 1.48. The molecule has 6 aromatic rings. The summed E-state index contributed by atoms with van der Waals surface area (Å²) in [7, 11) is 0. The van der Waals surface area contributed by atoms with Gasteiger partial charge in [0.25, 0.3) is 0 Å². The molecule has 146 valence electrons. The zero-order valence-corrected chi connectivity index (χ0v) is 17.1. The predicted molar refractivity (Wildman–Crippen MR) is 130 cm³/mol. The first kappa shape index (κ1) is 18.1. The second-order valence-electron chi connectivity index (χ2n) is 7.96. The Morgan fingerprint density at radius 2 is 0.812 bits per heavy atom. The molecule has 6 rings (SSSR count). The van der Waals surface area contributed by atoms with E-state index in [1.807, 2.05) is 48.5 Å². The predicted octanol–water partition coefficient (Wildman–Crippen LogP) is 7.66. The molecule has 0 atom stereocenters. The molecule has 0 N–H and O–H groups in total. The van der Waals surface area contributed by atoms with E-state index in [9.17, 15) is 10.5 Å². The number of hydrogen-bond acceptors (Lipinski definition) is 2. The lowest BCUT2D eigenvalue weighted by atomic mass is 9.86. The number of rotatable bonds is 2. The maximum atomic E-state index is 9.66. The molecule has 0 spiro atoms. The molecule has 0 aliphatic carbocycles. The molecule has 0 heterocycles. The van der Waals surface area contributed by atoms with Crippen LogP contribution in [-0.2, 0) is 0 Å². The Balaban J connectivity index is 1.75. The maximum Gasteiger partial charge on any atom is 0.0998 e. The van der Waals surface area contributed by atoms with Crippen molar-refractivity contribution < 1.29 is 0 Å². The Bertz CT molecular complexity index is 1610. The van der Waals surface area contributed by atoms with Gasteiger partial charge in [0, 0.05) is 11.1 Å². The van der Waals surface area contributed by atoms with Crippen LogP contribution in [0.15, 0.2) is 97.1 Å². The first-order valence-electron chi connectivity index (χ1n) is 10.5. The van der Waals surface area contributed by atoms with Gasteiger partial charge in [-0.3, -0.25) is 0 Å². The summed E-state index contributed by atoms with van der Waals surface area (Å²) < 4.78 is 0. The molecule has 0 radical (unpaired) electrons. The third-order valence-electron chi connectivity index (χ3n) is 6.34. The van der Waals surface area contributed by atoms with Gasteiger partial charge in [-0.15, -0.1) is 0 Å². The molecule has 6 aromatic carbocycles. The second kappa shape index (κ2) is 6.95. The van der Waals surface area contributed by atoms with Gasteiger partial charge < -0.3 is 0 Å². The van der Waals surface area contributed by atoms with Crippen LogP contribution in [0.4, 0.5) is 0 Å². The third-order valence-corrected chi connectivity index (χ3v) is 6.34. The SMILES string of the molecule is N#Cc1ccccc1-c1ccc2ccc3c(-c4ccccc4C#N)ccc4ccc1c2c43. The molecular weight excluding hydrogens is 388 g/mol. The number of benzene rings is 6. The fourth-order valence-corrected chi connectivity index (χ4v) is 4.90. The Morgan fingerprint density at radius 3 is 1.25 bits per heavy atom. The lowest BCUT2D eigenvalue weighted by Crippen LogP contribution is -1.91. The monoisotopic (exact) mass is 404 g/mol. The average molecular weight is 404 g/mol. The van der Waals surface area contributed by atoms with Gasteiger partial charge >= 0.3 is 0 Å². The van der Waals surface area contributed by atoms with E-state index in [2.05, 4.69) is 60.7 Å². The molecule has 0 saturated carbocycles. The van der Waals surface area contributed by atoms with Crippen LogP contribution in [0.3, 0.4) is 0 Å². The molecule has 0 unspecified atom stereocenters. The molecule has 0 bridgehead atoms. The summed E-state index contributed by atoms with van der Waals surface area (Å²) in [4.78, 5) is 0. The van der Waals surface area contributed by atoms with Gasteiger partial charge in [-0.2, -0.15) is 10.5 Å². The zero-order valence-electron chi connectivity index (χ0n) is 17.1. The molecular formula is C30H16N2. The highest BCUT2D eigenvalue weighted by atomic mass is 14.3. The van der Waals surface area contributed by atoms with E-state index in [0.29, 0.717) is 11.1 Å². The minimum atomic E-state index is 0.672. The van der Waals surface area contributed by atoms with Crippen molar-refractivity contribution in [2.75, 3.05) is 0 Å². The fourth-order valence-electron chi connectivity index (χ4n) is 4.90. The largest absolute Gasteiger partial charge is 0.192 e. The van der Waals surface area contributed by atoms with Crippen molar-refractivity contribution in [1.82, 2.24) is 0 Å². The van der Waals surface area contributed by atoms with Crippen LogP contribution in [0.2, 0.25) is 0 Å². The molecule has 0 amide bonds. The highest BCUT2D eigenvalue weighted by Gasteiger charge is 2.16. The van der Waals surface area contributed by atoms with Crippen molar-refractivity contribution in [1.29, 1.82) is 10.5 Å². The summed E-state index contributed by atoms with van der Waals surface area (Å²) in [5, 5.41) is 26.3. The van der Waals surface area contributed by atoms with Crippen LogP contribution in [0.5, 0.6) is 0 Å². The average Bonchev–Trinajstić information content (AvgIpc) is 2.87. The summed E-state index contributed by atoms with van der Waals surface area (Å²) in [6.45, 7) is 0. The van der Waals surface area contributed by atoms with Crippen LogP contribution in [-0.4, -0.2) is 0 Å². The highest BCUT2D eigenvalue weighted by molar-refractivity contribution is 6.27. The van der Waals surface area contributed by atoms with Crippen molar-refractivity contribution in [3.63, 3.8) is 0 Å². The van der Waals surface area contributed by atoms with E-state index < -0.39 is 0 Å². The van der Waals surface area contributed by atoms with Crippen LogP contribution in [0, 0.1) is 22.7 Å². The van der Waals surface area contributed by atoms with Crippen molar-refractivity contribution in [3.05, 3.63) is 108 Å². The molecule has 0 saturated heterocycles. The van der Waals surface area contributed by atoms with E-state index in [1.165, 1.54) is 21.5 Å². The Hall–Kier alpha value is -4.66. The maximum absolute atomic E-state index is 9.66. The normalized spacial score (nSPS) is 11.1. The van der Waals surface area contributed by atoms with Gasteiger partial charge in [0.15, 0.2) is 0 Å². The molecule has 2 heteroatoms. The van der Waals surface area contributed by atoms with Gasteiger partial charge in [0.05, 0.1) is 23.3 Å². The minimum Gasteiger partial charge on any atom is -0.192 e. The van der Waals surface area contributed by atoms with Crippen molar-refractivity contribution >= 4 is 32.3 Å². The first-order valence-corrected chi connectivity index (χ1v) is 10.5. The van der Waals surface area contributed by atoms with Crippen molar-refractivity contribution in [3.8, 4) is 34.4 Å². The zero-order chi connectivity index (χ0) is 21.7. The molecule has 0 aromatic heterocycles. The highest BCUT2D eigenvalue weighted by Crippen LogP contribution is 2.43. The van der Waals surface area contributed by atoms with E-state index in [1.54, 1.807) is 0 Å². The summed E-state index contributed by atoms with van der Waals surface area (Å²) in [6, 6.07) is 37.3. The number of nitriles is 2. The lowest BCUT2D eigenvalue weighted by Gasteiger charge is -2.17. The van der Waals surface area contributed by atoms with Gasteiger partial charge in [-0.1, -0.05) is 84.9 Å². The molecule has 32 heavy (non-hydrogen) atoms. The quantitative estimate of drug-likeness (QED) is 0.278. The standard InChI is InChI=1S/C30H16N2/c31-17-21-5-1-3-7-23(21)25-13-9-19-12-16-28-26(24-8-4-2-6-22(24)18-32)14-10-20-11-15-27(25)29(19)30(20)28/h1-16H. The summed E-state index contributed by atoms with van der Waals surface area (Å²) in [6.07, 6.45) is 0. The third kappa shape index (κ3) is 2.51. The van der Waals surface area contributed by atoms with E-state index in [4.69, 9.17) is 0 Å². The van der Waals surface area contributed by atoms with Crippen LogP contribution in [0.1, 0.15) is 11.1 Å². The van der Waals surface area contributed by atoms with Crippen molar-refractivity contribution in [2.45, 2.75) is 0 Å². The topological polar surface area (TPSA) is 47.6 Å². The van der Waals surface area contributed by atoms with Gasteiger partial charge in [0.1, 0.15) is 0 Å². The smallest absolute Gasteiger partial charge is 0.0998 e. The van der Waals surface area contributed by atoms with Gasteiger partial charge in [0.2, 0.25) is 0 Å². The van der Waals surface area contributed by atoms with Crippen molar-refractivity contribution in [2.24, 2.45) is 0 Å². The van der Waals surface area contributed by atoms with E-state index >= 15 is 0 Å². The number of hydrogen-bond donors (Lipinski definition) is 0.